The SMILES string of the molecule is CCCNc1nc(N)c(C(=O)NC(C)CCCC(C)C)s1. The molecule has 5 nitrogen and oxygen atoms in total. The lowest BCUT2D eigenvalue weighted by Crippen LogP contribution is -2.32. The molecular formula is C15H28N4OS. The summed E-state index contributed by atoms with van der Waals surface area (Å²) in [5.74, 6) is 0.898. The average molecular weight is 312 g/mol. The van der Waals surface area contributed by atoms with Gasteiger partial charge in [-0.2, -0.15) is 0 Å². The Morgan fingerprint density at radius 1 is 1.33 bits per heavy atom. The predicted octanol–water partition coefficient (Wildman–Crippen LogP) is 3.49. The lowest BCUT2D eigenvalue weighted by atomic mass is 10.0. The van der Waals surface area contributed by atoms with Crippen LogP contribution in [0.3, 0.4) is 0 Å². The van der Waals surface area contributed by atoms with Gasteiger partial charge in [0.15, 0.2) is 5.13 Å². The number of amides is 1. The molecule has 1 atom stereocenters. The fourth-order valence-corrected chi connectivity index (χ4v) is 2.81. The topological polar surface area (TPSA) is 80.0 Å². The minimum Gasteiger partial charge on any atom is -0.382 e. The number of carbonyl (C=O) groups excluding carboxylic acids is 1. The van der Waals surface area contributed by atoms with Crippen molar-refractivity contribution in [1.82, 2.24) is 10.3 Å². The van der Waals surface area contributed by atoms with Gasteiger partial charge in [-0.25, -0.2) is 4.98 Å². The third kappa shape index (κ3) is 6.33. The number of nitrogens with one attached hydrogen (secondary N) is 2. The van der Waals surface area contributed by atoms with E-state index in [9.17, 15) is 4.79 Å². The van der Waals surface area contributed by atoms with Crippen LogP contribution in [0.2, 0.25) is 0 Å². The minimum absolute atomic E-state index is 0.119. The van der Waals surface area contributed by atoms with Crippen molar-refractivity contribution in [2.24, 2.45) is 5.92 Å². The molecule has 1 amide bonds. The van der Waals surface area contributed by atoms with E-state index in [2.05, 4.69) is 36.4 Å². The number of nitrogens with zero attached hydrogens (tertiary/aromatic N) is 1. The smallest absolute Gasteiger partial charge is 0.265 e. The molecule has 0 saturated carbocycles. The molecule has 0 saturated heterocycles. The van der Waals surface area contributed by atoms with E-state index in [1.807, 2.05) is 6.92 Å². The van der Waals surface area contributed by atoms with Crippen LogP contribution in [0.25, 0.3) is 0 Å². The first-order valence-corrected chi connectivity index (χ1v) is 8.56. The number of hydrogen-bond donors (Lipinski definition) is 3. The number of thiazole rings is 1. The number of rotatable bonds is 9. The summed E-state index contributed by atoms with van der Waals surface area (Å²) in [6.07, 6.45) is 4.31. The Morgan fingerprint density at radius 3 is 2.67 bits per heavy atom. The molecule has 1 aromatic rings. The molecule has 0 bridgehead atoms. The van der Waals surface area contributed by atoms with E-state index in [0.29, 0.717) is 21.7 Å². The van der Waals surface area contributed by atoms with Crippen LogP contribution in [0.5, 0.6) is 0 Å². The van der Waals surface area contributed by atoms with Gasteiger partial charge in [-0.3, -0.25) is 4.79 Å². The summed E-state index contributed by atoms with van der Waals surface area (Å²) in [5.41, 5.74) is 5.83. The van der Waals surface area contributed by atoms with Gasteiger partial charge < -0.3 is 16.4 Å². The van der Waals surface area contributed by atoms with Crippen molar-refractivity contribution in [1.29, 1.82) is 0 Å². The monoisotopic (exact) mass is 312 g/mol. The van der Waals surface area contributed by atoms with Crippen LogP contribution in [0, 0.1) is 5.92 Å². The highest BCUT2D eigenvalue weighted by Crippen LogP contribution is 2.25. The molecule has 120 valence electrons. The van der Waals surface area contributed by atoms with Gasteiger partial charge in [-0.1, -0.05) is 44.9 Å². The van der Waals surface area contributed by atoms with E-state index in [1.54, 1.807) is 0 Å². The van der Waals surface area contributed by atoms with Gasteiger partial charge in [0.05, 0.1) is 0 Å². The molecule has 1 unspecified atom stereocenters. The minimum atomic E-state index is -0.119. The summed E-state index contributed by atoms with van der Waals surface area (Å²) in [4.78, 5) is 16.9. The first kappa shape index (κ1) is 17.8. The fourth-order valence-electron chi connectivity index (χ4n) is 2.00. The Hall–Kier alpha value is -1.30. The molecule has 0 fully saturated rings. The number of aromatic nitrogens is 1. The summed E-state index contributed by atoms with van der Waals surface area (Å²) in [7, 11) is 0. The second-order valence-electron chi connectivity index (χ2n) is 5.86. The normalized spacial score (nSPS) is 12.4. The summed E-state index contributed by atoms with van der Waals surface area (Å²) in [5, 5.41) is 6.88. The number of anilines is 2. The van der Waals surface area contributed by atoms with Crippen LogP contribution in [-0.2, 0) is 0 Å². The van der Waals surface area contributed by atoms with Crippen LogP contribution in [-0.4, -0.2) is 23.5 Å². The fraction of sp³-hybridized carbons (Fsp3) is 0.733. The summed E-state index contributed by atoms with van der Waals surface area (Å²) >= 11 is 1.32. The van der Waals surface area contributed by atoms with E-state index >= 15 is 0 Å². The van der Waals surface area contributed by atoms with Crippen LogP contribution in [0.1, 0.15) is 63.0 Å². The molecule has 1 rings (SSSR count). The van der Waals surface area contributed by atoms with Gasteiger partial charge in [-0.05, 0) is 25.7 Å². The van der Waals surface area contributed by atoms with Crippen molar-refractivity contribution < 1.29 is 4.79 Å². The van der Waals surface area contributed by atoms with Crippen molar-refractivity contribution in [2.45, 2.75) is 59.4 Å². The quantitative estimate of drug-likeness (QED) is 0.652. The van der Waals surface area contributed by atoms with Gasteiger partial charge in [0.25, 0.3) is 5.91 Å². The first-order valence-electron chi connectivity index (χ1n) is 7.75. The van der Waals surface area contributed by atoms with Crippen LogP contribution >= 0.6 is 11.3 Å². The van der Waals surface area contributed by atoms with Crippen molar-refractivity contribution >= 4 is 28.2 Å². The number of nitrogens with two attached hydrogens (primary N) is 1. The molecule has 0 spiro atoms. The highest BCUT2D eigenvalue weighted by molar-refractivity contribution is 7.18. The van der Waals surface area contributed by atoms with Gasteiger partial charge in [0.1, 0.15) is 10.7 Å². The van der Waals surface area contributed by atoms with Crippen molar-refractivity contribution in [3.8, 4) is 0 Å². The molecule has 4 N–H and O–H groups in total. The van der Waals surface area contributed by atoms with E-state index in [0.717, 1.165) is 25.8 Å². The van der Waals surface area contributed by atoms with Crippen molar-refractivity contribution in [3.63, 3.8) is 0 Å². The van der Waals surface area contributed by atoms with Crippen LogP contribution < -0.4 is 16.4 Å². The predicted molar refractivity (Wildman–Crippen MR) is 90.9 cm³/mol. The first-order chi connectivity index (χ1) is 9.93. The Balaban J connectivity index is 2.49. The second kappa shape index (κ2) is 8.87. The van der Waals surface area contributed by atoms with Gasteiger partial charge in [0, 0.05) is 12.6 Å². The Bertz CT molecular complexity index is 445. The summed E-state index contributed by atoms with van der Waals surface area (Å²) in [6.45, 7) is 9.37. The standard InChI is InChI=1S/C15H28N4OS/c1-5-9-17-15-19-13(16)12(21-15)14(20)18-11(4)8-6-7-10(2)3/h10-11H,5-9,16H2,1-4H3,(H,17,19)(H,18,20). The molecule has 0 aliphatic carbocycles. The summed E-state index contributed by atoms with van der Waals surface area (Å²) < 4.78 is 0. The highest BCUT2D eigenvalue weighted by atomic mass is 32.1. The number of nitrogen functional groups attached to an aromatic ring is 1. The maximum atomic E-state index is 12.2. The van der Waals surface area contributed by atoms with Gasteiger partial charge >= 0.3 is 0 Å². The molecule has 1 aromatic heterocycles. The Labute approximate surface area is 131 Å². The lowest BCUT2D eigenvalue weighted by molar-refractivity contribution is 0.0942. The van der Waals surface area contributed by atoms with Crippen LogP contribution in [0.4, 0.5) is 10.9 Å². The molecular weight excluding hydrogens is 284 g/mol. The Morgan fingerprint density at radius 2 is 2.05 bits per heavy atom. The molecule has 1 heterocycles. The average Bonchev–Trinajstić information content (AvgIpc) is 2.77. The molecule has 0 aliphatic rings. The van der Waals surface area contributed by atoms with Crippen LogP contribution in [0.15, 0.2) is 0 Å². The van der Waals surface area contributed by atoms with Crippen molar-refractivity contribution in [3.05, 3.63) is 4.88 Å². The van der Waals surface area contributed by atoms with E-state index < -0.39 is 0 Å². The number of carbonyl (C=O) groups is 1. The van der Waals surface area contributed by atoms with Gasteiger partial charge in [0.2, 0.25) is 0 Å². The zero-order valence-corrected chi connectivity index (χ0v) is 14.3. The molecule has 6 heteroatoms. The maximum Gasteiger partial charge on any atom is 0.265 e. The highest BCUT2D eigenvalue weighted by Gasteiger charge is 2.17. The zero-order valence-electron chi connectivity index (χ0n) is 13.5. The molecule has 21 heavy (non-hydrogen) atoms. The van der Waals surface area contributed by atoms with Gasteiger partial charge in [-0.15, -0.1) is 0 Å². The maximum absolute atomic E-state index is 12.2. The van der Waals surface area contributed by atoms with E-state index in [1.165, 1.54) is 17.8 Å². The lowest BCUT2D eigenvalue weighted by Gasteiger charge is -2.13. The third-order valence-electron chi connectivity index (χ3n) is 3.18. The molecule has 0 radical (unpaired) electrons. The number of hydrogen-bond acceptors (Lipinski definition) is 5. The van der Waals surface area contributed by atoms with E-state index in [4.69, 9.17) is 5.73 Å². The third-order valence-corrected chi connectivity index (χ3v) is 4.21. The van der Waals surface area contributed by atoms with E-state index in [-0.39, 0.29) is 11.9 Å². The molecule has 0 aliphatic heterocycles. The van der Waals surface area contributed by atoms with Crippen molar-refractivity contribution in [2.75, 3.05) is 17.6 Å². The Kier molecular flexibility index (Phi) is 7.50. The summed E-state index contributed by atoms with van der Waals surface area (Å²) in [6, 6.07) is 0.157. The largest absolute Gasteiger partial charge is 0.382 e. The molecule has 0 aromatic carbocycles. The second-order valence-corrected chi connectivity index (χ2v) is 6.86. The zero-order chi connectivity index (χ0) is 15.8.